The van der Waals surface area contributed by atoms with E-state index in [4.69, 9.17) is 10.5 Å². The lowest BCUT2D eigenvalue weighted by atomic mass is 10.1. The zero-order chi connectivity index (χ0) is 11.3. The molecule has 1 fully saturated rings. The molecule has 0 spiro atoms. The van der Waals surface area contributed by atoms with Crippen LogP contribution in [0.5, 0.6) is 0 Å². The van der Waals surface area contributed by atoms with Crippen molar-refractivity contribution in [3.63, 3.8) is 0 Å². The highest BCUT2D eigenvalue weighted by atomic mass is 16.5. The second kappa shape index (κ2) is 5.58. The Morgan fingerprint density at radius 3 is 2.47 bits per heavy atom. The maximum atomic E-state index is 11.2. The van der Waals surface area contributed by atoms with Gasteiger partial charge in [0.25, 0.3) is 0 Å². The Kier molecular flexibility index (Phi) is 4.39. The van der Waals surface area contributed by atoms with Crippen LogP contribution in [-0.4, -0.2) is 36.1 Å². The average Bonchev–Trinajstić information content (AvgIpc) is 2.18. The second-order valence-electron chi connectivity index (χ2n) is 3.76. The number of likely N-dealkylation sites (tertiary alicyclic amines) is 1. The van der Waals surface area contributed by atoms with E-state index in [2.05, 4.69) is 0 Å². The highest BCUT2D eigenvalue weighted by Gasteiger charge is 2.23. The van der Waals surface area contributed by atoms with Crippen molar-refractivity contribution in [3.05, 3.63) is 0 Å². The lowest BCUT2D eigenvalue weighted by Gasteiger charge is -2.30. The molecule has 5 nitrogen and oxygen atoms in total. The SMILES string of the molecule is CCCC(=O)OC1CCN(C(N)=O)CC1. The van der Waals surface area contributed by atoms with Gasteiger partial charge in [0.15, 0.2) is 0 Å². The maximum Gasteiger partial charge on any atom is 0.314 e. The van der Waals surface area contributed by atoms with Crippen molar-refractivity contribution in [2.75, 3.05) is 13.1 Å². The summed E-state index contributed by atoms with van der Waals surface area (Å²) in [5, 5.41) is 0. The minimum atomic E-state index is -0.395. The maximum absolute atomic E-state index is 11.2. The van der Waals surface area contributed by atoms with Crippen LogP contribution < -0.4 is 5.73 Å². The summed E-state index contributed by atoms with van der Waals surface area (Å²) in [6.07, 6.45) is 2.62. The van der Waals surface area contributed by atoms with E-state index < -0.39 is 6.03 Å². The van der Waals surface area contributed by atoms with Gasteiger partial charge < -0.3 is 15.4 Å². The van der Waals surface area contributed by atoms with Gasteiger partial charge in [-0.2, -0.15) is 0 Å². The van der Waals surface area contributed by atoms with Crippen molar-refractivity contribution in [2.24, 2.45) is 5.73 Å². The fourth-order valence-electron chi connectivity index (χ4n) is 1.64. The lowest BCUT2D eigenvalue weighted by Crippen LogP contribution is -2.43. The van der Waals surface area contributed by atoms with E-state index >= 15 is 0 Å². The van der Waals surface area contributed by atoms with Crippen molar-refractivity contribution in [2.45, 2.75) is 38.7 Å². The minimum Gasteiger partial charge on any atom is -0.462 e. The highest BCUT2D eigenvalue weighted by molar-refractivity contribution is 5.72. The fraction of sp³-hybridized carbons (Fsp3) is 0.800. The number of rotatable bonds is 3. The van der Waals surface area contributed by atoms with Crippen LogP contribution in [0.3, 0.4) is 0 Å². The number of ether oxygens (including phenoxy) is 1. The number of carbonyl (C=O) groups excluding carboxylic acids is 2. The number of piperidine rings is 1. The standard InChI is InChI=1S/C10H18N2O3/c1-2-3-9(13)15-8-4-6-12(7-5-8)10(11)14/h8H,2-7H2,1H3,(H2,11,14). The number of amides is 2. The summed E-state index contributed by atoms with van der Waals surface area (Å²) in [6.45, 7) is 3.11. The van der Waals surface area contributed by atoms with Crippen molar-refractivity contribution in [1.82, 2.24) is 4.90 Å². The zero-order valence-electron chi connectivity index (χ0n) is 9.07. The lowest BCUT2D eigenvalue weighted by molar-refractivity contribution is -0.150. The summed E-state index contributed by atoms with van der Waals surface area (Å²) >= 11 is 0. The molecular formula is C10H18N2O3. The summed E-state index contributed by atoms with van der Waals surface area (Å²) < 4.78 is 5.24. The Balaban J connectivity index is 2.25. The molecule has 1 rings (SSSR count). The Morgan fingerprint density at radius 1 is 1.40 bits per heavy atom. The Hall–Kier alpha value is -1.26. The molecule has 86 valence electrons. The zero-order valence-corrected chi connectivity index (χ0v) is 9.07. The van der Waals surface area contributed by atoms with E-state index in [0.717, 1.165) is 6.42 Å². The number of hydrogen-bond donors (Lipinski definition) is 1. The van der Waals surface area contributed by atoms with Gasteiger partial charge in [0.2, 0.25) is 0 Å². The summed E-state index contributed by atoms with van der Waals surface area (Å²) in [5.74, 6) is -0.143. The summed E-state index contributed by atoms with van der Waals surface area (Å²) in [4.78, 5) is 23.6. The van der Waals surface area contributed by atoms with Gasteiger partial charge in [0, 0.05) is 32.4 Å². The third-order valence-corrected chi connectivity index (χ3v) is 2.51. The predicted molar refractivity (Wildman–Crippen MR) is 55.2 cm³/mol. The van der Waals surface area contributed by atoms with Crippen LogP contribution in [0.4, 0.5) is 4.79 Å². The van der Waals surface area contributed by atoms with Gasteiger partial charge in [-0.25, -0.2) is 4.79 Å². The molecule has 1 saturated heterocycles. The Labute approximate surface area is 89.6 Å². The number of esters is 1. The minimum absolute atomic E-state index is 0.0420. The molecule has 2 N–H and O–H groups in total. The van der Waals surface area contributed by atoms with Crippen LogP contribution in [0, 0.1) is 0 Å². The van der Waals surface area contributed by atoms with Crippen molar-refractivity contribution >= 4 is 12.0 Å². The first-order chi connectivity index (χ1) is 7.13. The highest BCUT2D eigenvalue weighted by Crippen LogP contribution is 2.14. The van der Waals surface area contributed by atoms with Crippen molar-refractivity contribution in [3.8, 4) is 0 Å². The van der Waals surface area contributed by atoms with E-state index in [-0.39, 0.29) is 12.1 Å². The van der Waals surface area contributed by atoms with Crippen LogP contribution in [0.25, 0.3) is 0 Å². The molecule has 0 aliphatic carbocycles. The number of hydrogen-bond acceptors (Lipinski definition) is 3. The first-order valence-corrected chi connectivity index (χ1v) is 5.37. The molecule has 0 aromatic rings. The number of nitrogens with two attached hydrogens (primary N) is 1. The topological polar surface area (TPSA) is 72.6 Å². The van der Waals surface area contributed by atoms with Crippen LogP contribution in [0.15, 0.2) is 0 Å². The first-order valence-electron chi connectivity index (χ1n) is 5.37. The molecule has 15 heavy (non-hydrogen) atoms. The van der Waals surface area contributed by atoms with Crippen molar-refractivity contribution < 1.29 is 14.3 Å². The quantitative estimate of drug-likeness (QED) is 0.708. The Morgan fingerprint density at radius 2 is 2.00 bits per heavy atom. The van der Waals surface area contributed by atoms with Crippen LogP contribution in [0.2, 0.25) is 0 Å². The average molecular weight is 214 g/mol. The van der Waals surface area contributed by atoms with Gasteiger partial charge in [-0.15, -0.1) is 0 Å². The molecule has 0 aromatic heterocycles. The summed E-state index contributed by atoms with van der Waals surface area (Å²) in [7, 11) is 0. The van der Waals surface area contributed by atoms with E-state index in [1.54, 1.807) is 4.90 Å². The predicted octanol–water partition coefficient (Wildman–Crippen LogP) is 0.873. The number of nitrogens with zero attached hydrogens (tertiary/aromatic N) is 1. The van der Waals surface area contributed by atoms with E-state index in [1.165, 1.54) is 0 Å². The second-order valence-corrected chi connectivity index (χ2v) is 3.76. The Bertz CT molecular complexity index is 235. The third kappa shape index (κ3) is 3.77. The van der Waals surface area contributed by atoms with Gasteiger partial charge in [-0.3, -0.25) is 4.79 Å². The van der Waals surface area contributed by atoms with Gasteiger partial charge in [0.05, 0.1) is 0 Å². The van der Waals surface area contributed by atoms with Crippen LogP contribution in [-0.2, 0) is 9.53 Å². The van der Waals surface area contributed by atoms with Gasteiger partial charge in [0.1, 0.15) is 6.10 Å². The van der Waals surface area contributed by atoms with Crippen LogP contribution >= 0.6 is 0 Å². The monoisotopic (exact) mass is 214 g/mol. The molecule has 1 aliphatic rings. The molecule has 0 unspecified atom stereocenters. The summed E-state index contributed by atoms with van der Waals surface area (Å²) in [5.41, 5.74) is 5.14. The van der Waals surface area contributed by atoms with Gasteiger partial charge >= 0.3 is 12.0 Å². The fourth-order valence-corrected chi connectivity index (χ4v) is 1.64. The largest absolute Gasteiger partial charge is 0.462 e. The molecule has 1 aliphatic heterocycles. The number of primary amides is 1. The molecule has 0 aromatic carbocycles. The molecule has 0 saturated carbocycles. The molecule has 1 heterocycles. The molecule has 5 heteroatoms. The van der Waals surface area contributed by atoms with Crippen LogP contribution in [0.1, 0.15) is 32.6 Å². The van der Waals surface area contributed by atoms with Gasteiger partial charge in [-0.1, -0.05) is 6.92 Å². The summed E-state index contributed by atoms with van der Waals surface area (Å²) in [6, 6.07) is -0.395. The van der Waals surface area contributed by atoms with Gasteiger partial charge in [-0.05, 0) is 6.42 Å². The smallest absolute Gasteiger partial charge is 0.314 e. The normalized spacial score (nSPS) is 17.5. The number of urea groups is 1. The molecule has 0 bridgehead atoms. The number of carbonyl (C=O) groups is 2. The molecule has 2 amide bonds. The first kappa shape index (κ1) is 11.8. The van der Waals surface area contributed by atoms with E-state index in [0.29, 0.717) is 32.4 Å². The molecule has 0 radical (unpaired) electrons. The van der Waals surface area contributed by atoms with E-state index in [9.17, 15) is 9.59 Å². The molecular weight excluding hydrogens is 196 g/mol. The van der Waals surface area contributed by atoms with Crippen molar-refractivity contribution in [1.29, 1.82) is 0 Å². The van der Waals surface area contributed by atoms with E-state index in [1.807, 2.05) is 6.92 Å². The third-order valence-electron chi connectivity index (χ3n) is 2.51. The molecule has 0 atom stereocenters.